The normalized spacial score (nSPS) is 12.6. The third-order valence-electron chi connectivity index (χ3n) is 3.70. The van der Waals surface area contributed by atoms with Crippen LogP contribution in [0.15, 0.2) is 0 Å². The summed E-state index contributed by atoms with van der Waals surface area (Å²) >= 11 is 1.53. The van der Waals surface area contributed by atoms with Gasteiger partial charge in [-0.05, 0) is 26.5 Å². The Morgan fingerprint density at radius 1 is 1.21 bits per heavy atom. The molecule has 0 spiro atoms. The van der Waals surface area contributed by atoms with E-state index < -0.39 is 17.6 Å². The summed E-state index contributed by atoms with van der Waals surface area (Å²) in [5, 5.41) is 0. The summed E-state index contributed by atoms with van der Waals surface area (Å²) < 4.78 is 5.69. The van der Waals surface area contributed by atoms with Gasteiger partial charge in [0.15, 0.2) is 0 Å². The van der Waals surface area contributed by atoms with Crippen molar-refractivity contribution < 1.29 is 19.1 Å². The summed E-state index contributed by atoms with van der Waals surface area (Å²) in [7, 11) is 3.11. The number of hydrogen-bond donors (Lipinski definition) is 1. The molecule has 0 heterocycles. The van der Waals surface area contributed by atoms with Gasteiger partial charge < -0.3 is 20.3 Å². The van der Waals surface area contributed by atoms with Gasteiger partial charge in [0.1, 0.15) is 6.04 Å². The number of thioether (sulfide) groups is 1. The summed E-state index contributed by atoms with van der Waals surface area (Å²) in [4.78, 5) is 38.7. The number of ether oxygens (including phenoxy) is 1. The number of carbonyl (C=O) groups is 3. The van der Waals surface area contributed by atoms with Gasteiger partial charge in [0.25, 0.3) is 0 Å². The Morgan fingerprint density at radius 3 is 2.25 bits per heavy atom. The number of likely N-dealkylation sites (N-methyl/N-ethyl adjacent to an activating group) is 2. The van der Waals surface area contributed by atoms with Gasteiger partial charge in [-0.15, -0.1) is 11.8 Å². The molecule has 1 atom stereocenters. The molecule has 0 unspecified atom stereocenters. The molecule has 0 aromatic heterocycles. The molecule has 0 bridgehead atoms. The third kappa shape index (κ3) is 8.01. The average molecular weight is 362 g/mol. The second-order valence-corrected chi connectivity index (χ2v) is 7.25. The van der Waals surface area contributed by atoms with Gasteiger partial charge in [0.2, 0.25) is 17.7 Å². The topological polar surface area (TPSA) is 92.9 Å². The Balaban J connectivity index is 4.90. The van der Waals surface area contributed by atoms with Crippen molar-refractivity contribution in [3.63, 3.8) is 0 Å². The largest absolute Gasteiger partial charge is 0.368 e. The number of nitrogens with two attached hydrogens (primary N) is 1. The SMILES string of the molecule is CCCC(=O)N(C)CC(=O)N(C)[C@@H](CC(C)(C)OCSC)C(N)=O. The molecule has 3 amide bonds. The third-order valence-corrected chi connectivity index (χ3v) is 4.06. The molecular weight excluding hydrogens is 330 g/mol. The number of nitrogens with zero attached hydrogens (tertiary/aromatic N) is 2. The predicted molar refractivity (Wildman–Crippen MR) is 96.5 cm³/mol. The van der Waals surface area contributed by atoms with Crippen molar-refractivity contribution in [1.82, 2.24) is 9.80 Å². The molecule has 0 fully saturated rings. The van der Waals surface area contributed by atoms with Gasteiger partial charge in [0, 0.05) is 26.9 Å². The van der Waals surface area contributed by atoms with Crippen LogP contribution in [-0.4, -0.2) is 72.0 Å². The van der Waals surface area contributed by atoms with E-state index in [-0.39, 0.29) is 24.8 Å². The minimum absolute atomic E-state index is 0.0782. The monoisotopic (exact) mass is 361 g/mol. The Labute approximate surface area is 149 Å². The quantitative estimate of drug-likeness (QED) is 0.556. The molecule has 0 aromatic carbocycles. The van der Waals surface area contributed by atoms with E-state index in [2.05, 4.69) is 0 Å². The smallest absolute Gasteiger partial charge is 0.242 e. The summed E-state index contributed by atoms with van der Waals surface area (Å²) in [5.74, 6) is -0.524. The molecule has 0 saturated carbocycles. The molecule has 2 N–H and O–H groups in total. The molecule has 0 aromatic rings. The van der Waals surface area contributed by atoms with E-state index in [1.54, 1.807) is 7.05 Å². The van der Waals surface area contributed by atoms with Crippen LogP contribution >= 0.6 is 11.8 Å². The van der Waals surface area contributed by atoms with Crippen LogP contribution in [0.1, 0.15) is 40.0 Å². The highest BCUT2D eigenvalue weighted by Gasteiger charge is 2.32. The van der Waals surface area contributed by atoms with Crippen LogP contribution in [0.2, 0.25) is 0 Å². The minimum Gasteiger partial charge on any atom is -0.368 e. The zero-order chi connectivity index (χ0) is 18.9. The van der Waals surface area contributed by atoms with E-state index in [4.69, 9.17) is 10.5 Å². The lowest BCUT2D eigenvalue weighted by molar-refractivity contribution is -0.144. The maximum absolute atomic E-state index is 12.4. The maximum Gasteiger partial charge on any atom is 0.242 e. The van der Waals surface area contributed by atoms with Crippen molar-refractivity contribution >= 4 is 29.5 Å². The molecule has 24 heavy (non-hydrogen) atoms. The van der Waals surface area contributed by atoms with Gasteiger partial charge in [-0.1, -0.05) is 6.92 Å². The molecule has 140 valence electrons. The highest BCUT2D eigenvalue weighted by Crippen LogP contribution is 2.21. The van der Waals surface area contributed by atoms with Crippen molar-refractivity contribution in [2.75, 3.05) is 32.8 Å². The van der Waals surface area contributed by atoms with E-state index in [0.29, 0.717) is 12.4 Å². The summed E-state index contributed by atoms with van der Waals surface area (Å²) in [5.41, 5.74) is 4.88. The first-order valence-electron chi connectivity index (χ1n) is 7.97. The van der Waals surface area contributed by atoms with Crippen molar-refractivity contribution in [1.29, 1.82) is 0 Å². The lowest BCUT2D eigenvalue weighted by Gasteiger charge is -2.34. The number of carbonyl (C=O) groups excluding carboxylic acids is 3. The molecule has 0 radical (unpaired) electrons. The van der Waals surface area contributed by atoms with E-state index in [1.165, 1.54) is 28.6 Å². The fourth-order valence-electron chi connectivity index (χ4n) is 2.15. The van der Waals surface area contributed by atoms with Crippen molar-refractivity contribution in [3.8, 4) is 0 Å². The summed E-state index contributed by atoms with van der Waals surface area (Å²) in [6.07, 6.45) is 3.32. The second kappa shape index (κ2) is 10.6. The first kappa shape index (κ1) is 22.7. The Kier molecular flexibility index (Phi) is 9.99. The van der Waals surface area contributed by atoms with Gasteiger partial charge in [0.05, 0.1) is 18.1 Å². The van der Waals surface area contributed by atoms with Gasteiger partial charge in [-0.2, -0.15) is 0 Å². The molecule has 0 saturated heterocycles. The van der Waals surface area contributed by atoms with Crippen LogP contribution in [0.3, 0.4) is 0 Å². The molecule has 0 aliphatic rings. The fourth-order valence-corrected chi connectivity index (χ4v) is 2.59. The maximum atomic E-state index is 12.4. The number of primary amides is 1. The second-order valence-electron chi connectivity index (χ2n) is 6.44. The minimum atomic E-state index is -0.788. The number of rotatable bonds is 11. The van der Waals surface area contributed by atoms with Crippen LogP contribution in [0.4, 0.5) is 0 Å². The first-order valence-corrected chi connectivity index (χ1v) is 9.37. The average Bonchev–Trinajstić information content (AvgIpc) is 2.49. The fraction of sp³-hybridized carbons (Fsp3) is 0.812. The predicted octanol–water partition coefficient (Wildman–Crippen LogP) is 1.06. The number of amides is 3. The van der Waals surface area contributed by atoms with E-state index in [9.17, 15) is 14.4 Å². The highest BCUT2D eigenvalue weighted by molar-refractivity contribution is 7.98. The van der Waals surface area contributed by atoms with Crippen molar-refractivity contribution in [2.45, 2.75) is 51.7 Å². The summed E-state index contributed by atoms with van der Waals surface area (Å²) in [6.45, 7) is 5.54. The molecule has 7 nitrogen and oxygen atoms in total. The van der Waals surface area contributed by atoms with Crippen LogP contribution in [0.5, 0.6) is 0 Å². The lowest BCUT2D eigenvalue weighted by Crippen LogP contribution is -2.52. The standard InChI is InChI=1S/C16H31N3O4S/c1-7-8-13(20)18(4)10-14(21)19(5)12(15(17)22)9-16(2,3)23-11-24-6/h12H,7-11H2,1-6H3,(H2,17,22)/t12-/m0/s1. The zero-order valence-electron chi connectivity index (χ0n) is 15.6. The molecule has 0 rings (SSSR count). The van der Waals surface area contributed by atoms with E-state index >= 15 is 0 Å². The van der Waals surface area contributed by atoms with Gasteiger partial charge in [-0.25, -0.2) is 0 Å². The van der Waals surface area contributed by atoms with Crippen molar-refractivity contribution in [3.05, 3.63) is 0 Å². The van der Waals surface area contributed by atoms with Crippen LogP contribution in [0.25, 0.3) is 0 Å². The number of hydrogen-bond acceptors (Lipinski definition) is 5. The first-order chi connectivity index (χ1) is 11.1. The van der Waals surface area contributed by atoms with E-state index in [1.807, 2.05) is 27.0 Å². The Hall–Kier alpha value is -1.28. The molecule has 0 aliphatic carbocycles. The molecular formula is C16H31N3O4S. The van der Waals surface area contributed by atoms with Gasteiger partial charge >= 0.3 is 0 Å². The Morgan fingerprint density at radius 2 is 1.79 bits per heavy atom. The Bertz CT molecular complexity index is 443. The van der Waals surface area contributed by atoms with Crippen LogP contribution in [-0.2, 0) is 19.1 Å². The van der Waals surface area contributed by atoms with Crippen LogP contribution in [0, 0.1) is 0 Å². The van der Waals surface area contributed by atoms with Gasteiger partial charge in [-0.3, -0.25) is 14.4 Å². The lowest BCUT2D eigenvalue weighted by atomic mass is 9.97. The van der Waals surface area contributed by atoms with Crippen LogP contribution < -0.4 is 5.73 Å². The highest BCUT2D eigenvalue weighted by atomic mass is 32.2. The molecule has 0 aliphatic heterocycles. The van der Waals surface area contributed by atoms with E-state index in [0.717, 1.165) is 6.42 Å². The zero-order valence-corrected chi connectivity index (χ0v) is 16.4. The molecule has 8 heteroatoms. The van der Waals surface area contributed by atoms with Crippen molar-refractivity contribution in [2.24, 2.45) is 5.73 Å². The summed E-state index contributed by atoms with van der Waals surface area (Å²) in [6, 6.07) is -0.788.